The molecule has 1 saturated heterocycles. The maximum atomic E-state index is 12.5. The highest BCUT2D eigenvalue weighted by Gasteiger charge is 2.35. The number of piperidine rings is 1. The maximum absolute atomic E-state index is 12.5. The van der Waals surface area contributed by atoms with Crippen LogP contribution in [0.3, 0.4) is 0 Å². The number of aromatic nitrogens is 2. The van der Waals surface area contributed by atoms with Crippen LogP contribution < -0.4 is 0 Å². The zero-order valence-corrected chi connectivity index (χ0v) is 12.3. The Bertz CT molecular complexity index is 521. The van der Waals surface area contributed by atoms with Crippen molar-refractivity contribution in [1.82, 2.24) is 14.5 Å². The third-order valence-corrected chi connectivity index (χ3v) is 6.18. The number of alkyl halides is 1. The minimum absolute atomic E-state index is 0.124. The summed E-state index contributed by atoms with van der Waals surface area (Å²) in [6, 6.07) is 0. The zero-order chi connectivity index (χ0) is 13.5. The fourth-order valence-corrected chi connectivity index (χ4v) is 4.45. The molecule has 2 rings (SSSR count). The molecule has 1 aliphatic heterocycles. The van der Waals surface area contributed by atoms with Crippen LogP contribution in [-0.4, -0.2) is 41.4 Å². The molecule has 7 heteroatoms. The number of rotatable bonds is 2. The standard InChI is InChI=1S/C11H18ClN3O2S/c1-7-4-5-15(6-10(7)12)18(16,17)11-8(2)13-14-9(11)3/h7,10H,4-6H2,1-3H3,(H,13,14). The summed E-state index contributed by atoms with van der Waals surface area (Å²) in [7, 11) is -3.48. The van der Waals surface area contributed by atoms with Gasteiger partial charge in [0.25, 0.3) is 0 Å². The van der Waals surface area contributed by atoms with Gasteiger partial charge in [0, 0.05) is 18.5 Å². The van der Waals surface area contributed by atoms with Crippen LogP contribution >= 0.6 is 11.6 Å². The second-order valence-corrected chi connectivity index (χ2v) is 7.34. The van der Waals surface area contributed by atoms with E-state index in [1.807, 2.05) is 0 Å². The molecule has 102 valence electrons. The molecule has 1 aromatic heterocycles. The van der Waals surface area contributed by atoms with Crippen molar-refractivity contribution in [3.63, 3.8) is 0 Å². The maximum Gasteiger partial charge on any atom is 0.246 e. The van der Waals surface area contributed by atoms with Gasteiger partial charge in [-0.1, -0.05) is 6.92 Å². The molecule has 2 heterocycles. The normalized spacial score (nSPS) is 26.4. The Morgan fingerprint density at radius 1 is 1.44 bits per heavy atom. The van der Waals surface area contributed by atoms with Gasteiger partial charge in [-0.2, -0.15) is 9.40 Å². The van der Waals surface area contributed by atoms with E-state index in [0.29, 0.717) is 35.3 Å². The lowest BCUT2D eigenvalue weighted by Crippen LogP contribution is -2.43. The lowest BCUT2D eigenvalue weighted by molar-refractivity contribution is 0.293. The second kappa shape index (κ2) is 4.83. The highest BCUT2D eigenvalue weighted by atomic mass is 35.5. The average Bonchev–Trinajstić information content (AvgIpc) is 2.62. The number of aromatic amines is 1. The van der Waals surface area contributed by atoms with Crippen LogP contribution in [0.15, 0.2) is 4.90 Å². The number of sulfonamides is 1. The van der Waals surface area contributed by atoms with E-state index in [2.05, 4.69) is 17.1 Å². The van der Waals surface area contributed by atoms with Gasteiger partial charge in [-0.3, -0.25) is 5.10 Å². The van der Waals surface area contributed by atoms with Crippen molar-refractivity contribution >= 4 is 21.6 Å². The van der Waals surface area contributed by atoms with E-state index in [1.165, 1.54) is 4.31 Å². The topological polar surface area (TPSA) is 66.1 Å². The Morgan fingerprint density at radius 3 is 2.61 bits per heavy atom. The summed E-state index contributed by atoms with van der Waals surface area (Å²) in [5, 5.41) is 6.54. The molecule has 5 nitrogen and oxygen atoms in total. The minimum atomic E-state index is -3.48. The van der Waals surface area contributed by atoms with Crippen LogP contribution in [0.2, 0.25) is 0 Å². The first kappa shape index (κ1) is 13.8. The number of hydrogen-bond acceptors (Lipinski definition) is 3. The van der Waals surface area contributed by atoms with Gasteiger partial charge in [0.15, 0.2) is 0 Å². The first-order valence-corrected chi connectivity index (χ1v) is 7.87. The molecule has 0 spiro atoms. The highest BCUT2D eigenvalue weighted by molar-refractivity contribution is 7.89. The molecule has 2 atom stereocenters. The largest absolute Gasteiger partial charge is 0.281 e. The molecule has 0 bridgehead atoms. The molecule has 18 heavy (non-hydrogen) atoms. The monoisotopic (exact) mass is 291 g/mol. The summed E-state index contributed by atoms with van der Waals surface area (Å²) in [4.78, 5) is 0.293. The van der Waals surface area contributed by atoms with Gasteiger partial charge in [0.1, 0.15) is 4.90 Å². The van der Waals surface area contributed by atoms with Gasteiger partial charge in [-0.05, 0) is 26.2 Å². The van der Waals surface area contributed by atoms with E-state index in [1.54, 1.807) is 13.8 Å². The first-order valence-electron chi connectivity index (χ1n) is 6.00. The average molecular weight is 292 g/mol. The summed E-state index contributed by atoms with van der Waals surface area (Å²) >= 11 is 6.18. The number of nitrogens with zero attached hydrogens (tertiary/aromatic N) is 2. The summed E-state index contributed by atoms with van der Waals surface area (Å²) in [5.41, 5.74) is 1.09. The summed E-state index contributed by atoms with van der Waals surface area (Å²) in [6.07, 6.45) is 0.795. The fourth-order valence-electron chi connectivity index (χ4n) is 2.26. The molecule has 0 radical (unpaired) electrons. The van der Waals surface area contributed by atoms with Crippen LogP contribution in [0, 0.1) is 19.8 Å². The van der Waals surface area contributed by atoms with Crippen LogP contribution in [0.1, 0.15) is 24.7 Å². The number of hydrogen-bond donors (Lipinski definition) is 1. The van der Waals surface area contributed by atoms with Gasteiger partial charge in [0.05, 0.1) is 11.4 Å². The summed E-state index contributed by atoms with van der Waals surface area (Å²) < 4.78 is 26.6. The number of H-pyrrole nitrogens is 1. The van der Waals surface area contributed by atoms with Crippen LogP contribution in [-0.2, 0) is 10.0 Å². The van der Waals surface area contributed by atoms with Crippen LogP contribution in [0.5, 0.6) is 0 Å². The van der Waals surface area contributed by atoms with E-state index in [0.717, 1.165) is 6.42 Å². The van der Waals surface area contributed by atoms with Gasteiger partial charge < -0.3 is 0 Å². The Labute approximate surface area is 113 Å². The molecule has 0 saturated carbocycles. The Kier molecular flexibility index (Phi) is 3.71. The molecular weight excluding hydrogens is 274 g/mol. The summed E-state index contributed by atoms with van der Waals surface area (Å²) in [5.74, 6) is 0.352. The highest BCUT2D eigenvalue weighted by Crippen LogP contribution is 2.28. The number of nitrogens with one attached hydrogen (secondary N) is 1. The van der Waals surface area contributed by atoms with Gasteiger partial charge in [0.2, 0.25) is 10.0 Å². The van der Waals surface area contributed by atoms with E-state index in [-0.39, 0.29) is 5.38 Å². The molecule has 0 aliphatic carbocycles. The Morgan fingerprint density at radius 2 is 2.11 bits per heavy atom. The Balaban J connectivity index is 2.33. The molecule has 1 N–H and O–H groups in total. The van der Waals surface area contributed by atoms with Gasteiger partial charge >= 0.3 is 0 Å². The SMILES string of the molecule is Cc1n[nH]c(C)c1S(=O)(=O)N1CCC(C)C(Cl)C1. The van der Waals surface area contributed by atoms with Gasteiger partial charge in [-0.25, -0.2) is 8.42 Å². The quantitative estimate of drug-likeness (QED) is 0.843. The van der Waals surface area contributed by atoms with Crippen LogP contribution in [0.25, 0.3) is 0 Å². The fraction of sp³-hybridized carbons (Fsp3) is 0.727. The molecule has 1 aliphatic rings. The number of aryl methyl sites for hydroxylation is 2. The van der Waals surface area contributed by atoms with Gasteiger partial charge in [-0.15, -0.1) is 11.6 Å². The predicted octanol–water partition coefficient (Wildman–Crippen LogP) is 1.66. The van der Waals surface area contributed by atoms with E-state index in [4.69, 9.17) is 11.6 Å². The molecular formula is C11H18ClN3O2S. The number of halogens is 1. The Hall–Kier alpha value is -0.590. The van der Waals surface area contributed by atoms with Crippen molar-refractivity contribution in [2.24, 2.45) is 5.92 Å². The van der Waals surface area contributed by atoms with E-state index in [9.17, 15) is 8.42 Å². The smallest absolute Gasteiger partial charge is 0.246 e. The van der Waals surface area contributed by atoms with Crippen molar-refractivity contribution in [3.05, 3.63) is 11.4 Å². The molecule has 1 fully saturated rings. The molecule has 0 amide bonds. The van der Waals surface area contributed by atoms with E-state index >= 15 is 0 Å². The predicted molar refractivity (Wildman–Crippen MR) is 70.2 cm³/mol. The lowest BCUT2D eigenvalue weighted by Gasteiger charge is -2.33. The van der Waals surface area contributed by atoms with Crippen molar-refractivity contribution in [2.45, 2.75) is 37.5 Å². The van der Waals surface area contributed by atoms with Crippen molar-refractivity contribution in [3.8, 4) is 0 Å². The van der Waals surface area contributed by atoms with Crippen molar-refractivity contribution < 1.29 is 8.42 Å². The molecule has 0 aromatic carbocycles. The van der Waals surface area contributed by atoms with Crippen LogP contribution in [0.4, 0.5) is 0 Å². The summed E-state index contributed by atoms with van der Waals surface area (Å²) in [6.45, 7) is 6.36. The van der Waals surface area contributed by atoms with Crippen molar-refractivity contribution in [1.29, 1.82) is 0 Å². The second-order valence-electron chi connectivity index (χ2n) is 4.91. The third kappa shape index (κ3) is 2.29. The molecule has 2 unspecified atom stereocenters. The minimum Gasteiger partial charge on any atom is -0.281 e. The van der Waals surface area contributed by atoms with Crippen molar-refractivity contribution in [2.75, 3.05) is 13.1 Å². The third-order valence-electron chi connectivity index (χ3n) is 3.49. The lowest BCUT2D eigenvalue weighted by atomic mass is 10.0. The zero-order valence-electron chi connectivity index (χ0n) is 10.8. The first-order chi connectivity index (χ1) is 8.34. The van der Waals surface area contributed by atoms with E-state index < -0.39 is 10.0 Å². The molecule has 1 aromatic rings.